The van der Waals surface area contributed by atoms with Gasteiger partial charge in [0.25, 0.3) is 0 Å². The van der Waals surface area contributed by atoms with Crippen LogP contribution in [0.3, 0.4) is 0 Å². The first-order valence-electron chi connectivity index (χ1n) is 7.68. The molecule has 4 rings (SSSR count). The van der Waals surface area contributed by atoms with Crippen molar-refractivity contribution in [1.82, 2.24) is 29.8 Å². The average Bonchev–Trinajstić information content (AvgIpc) is 3.17. The van der Waals surface area contributed by atoms with Gasteiger partial charge < -0.3 is 0 Å². The molecule has 0 atom stereocenters. The van der Waals surface area contributed by atoms with Crippen LogP contribution in [-0.4, -0.2) is 29.8 Å². The van der Waals surface area contributed by atoms with E-state index < -0.39 is 0 Å². The number of aromatic nitrogens is 6. The van der Waals surface area contributed by atoms with Crippen molar-refractivity contribution in [2.45, 2.75) is 19.9 Å². The van der Waals surface area contributed by atoms with Crippen LogP contribution >= 0.6 is 0 Å². The van der Waals surface area contributed by atoms with Crippen LogP contribution in [0.25, 0.3) is 16.7 Å². The highest BCUT2D eigenvalue weighted by atomic mass is 19.1. The average molecular weight is 322 g/mol. The van der Waals surface area contributed by atoms with E-state index >= 15 is 0 Å². The van der Waals surface area contributed by atoms with Gasteiger partial charge in [-0.05, 0) is 31.2 Å². The lowest BCUT2D eigenvalue weighted by Crippen LogP contribution is -2.10. The van der Waals surface area contributed by atoms with Gasteiger partial charge in [-0.15, -0.1) is 5.10 Å². The highest BCUT2D eigenvalue weighted by Crippen LogP contribution is 2.16. The third-order valence-electron chi connectivity index (χ3n) is 3.83. The lowest BCUT2D eigenvalue weighted by molar-refractivity contribution is 0.574. The number of fused-ring (bicyclic) bond motifs is 1. The fraction of sp³-hybridized carbons (Fsp3) is 0.176. The Morgan fingerprint density at radius 1 is 1.04 bits per heavy atom. The van der Waals surface area contributed by atoms with E-state index in [-0.39, 0.29) is 5.82 Å². The van der Waals surface area contributed by atoms with Gasteiger partial charge >= 0.3 is 0 Å². The first-order valence-corrected chi connectivity index (χ1v) is 7.68. The number of halogens is 1. The predicted molar refractivity (Wildman–Crippen MR) is 87.3 cm³/mol. The molecule has 0 unspecified atom stereocenters. The molecule has 0 aliphatic rings. The van der Waals surface area contributed by atoms with Gasteiger partial charge in [0.1, 0.15) is 28.7 Å². The second kappa shape index (κ2) is 5.84. The first-order chi connectivity index (χ1) is 11.7. The molecule has 0 saturated carbocycles. The summed E-state index contributed by atoms with van der Waals surface area (Å²) in [5.74, 6) is 0.976. The third-order valence-corrected chi connectivity index (χ3v) is 3.83. The molecule has 0 amide bonds. The van der Waals surface area contributed by atoms with Gasteiger partial charge in [0.05, 0.1) is 12.1 Å². The summed E-state index contributed by atoms with van der Waals surface area (Å²) in [6.07, 6.45) is 0.572. The zero-order chi connectivity index (χ0) is 16.5. The number of hydrogen-bond acceptors (Lipinski definition) is 4. The number of para-hydroxylation sites is 2. The number of rotatable bonds is 4. The lowest BCUT2D eigenvalue weighted by Gasteiger charge is -2.07. The van der Waals surface area contributed by atoms with Crippen LogP contribution in [0.2, 0.25) is 0 Å². The molecule has 4 aromatic rings. The van der Waals surface area contributed by atoms with E-state index in [1.807, 2.05) is 28.9 Å². The third kappa shape index (κ3) is 2.54. The quantitative estimate of drug-likeness (QED) is 0.579. The standard InChI is InChI=1S/C17H15FN6/c1-12-19-17(24(21-12)15-8-4-2-6-13(15)18)10-11-23-16-9-5-3-7-14(16)20-22-23/h2-9H,10-11H2,1H3. The first kappa shape index (κ1) is 14.5. The SMILES string of the molecule is Cc1nc(CCn2nnc3ccccc32)n(-c2ccccc2F)n1. The van der Waals surface area contributed by atoms with Crippen LogP contribution in [0.1, 0.15) is 11.6 Å². The summed E-state index contributed by atoms with van der Waals surface area (Å²) in [7, 11) is 0. The molecular weight excluding hydrogens is 307 g/mol. The summed E-state index contributed by atoms with van der Waals surface area (Å²) in [4.78, 5) is 4.43. The molecule has 7 heteroatoms. The van der Waals surface area contributed by atoms with E-state index in [0.717, 1.165) is 11.0 Å². The second-order valence-electron chi connectivity index (χ2n) is 5.49. The molecule has 0 aliphatic heterocycles. The minimum absolute atomic E-state index is 0.324. The fourth-order valence-electron chi connectivity index (χ4n) is 2.73. The molecule has 0 N–H and O–H groups in total. The van der Waals surface area contributed by atoms with E-state index in [1.165, 1.54) is 6.07 Å². The van der Waals surface area contributed by atoms with Gasteiger partial charge in [-0.2, -0.15) is 5.10 Å². The maximum Gasteiger partial charge on any atom is 0.148 e. The molecule has 2 aromatic carbocycles. The summed E-state index contributed by atoms with van der Waals surface area (Å²) in [6, 6.07) is 14.3. The van der Waals surface area contributed by atoms with Gasteiger partial charge in [0.15, 0.2) is 0 Å². The molecule has 24 heavy (non-hydrogen) atoms. The summed E-state index contributed by atoms with van der Waals surface area (Å²) < 4.78 is 17.5. The normalized spacial score (nSPS) is 11.2. The molecule has 0 bridgehead atoms. The number of hydrogen-bond donors (Lipinski definition) is 0. The smallest absolute Gasteiger partial charge is 0.148 e. The molecule has 2 heterocycles. The van der Waals surface area contributed by atoms with E-state index in [9.17, 15) is 4.39 Å². The zero-order valence-corrected chi connectivity index (χ0v) is 13.1. The van der Waals surface area contributed by atoms with Crippen molar-refractivity contribution in [3.8, 4) is 5.69 Å². The number of benzene rings is 2. The Hall–Kier alpha value is -3.09. The predicted octanol–water partition coefficient (Wildman–Crippen LogP) is 2.70. The minimum Gasteiger partial charge on any atom is -0.244 e. The lowest BCUT2D eigenvalue weighted by atomic mass is 10.3. The van der Waals surface area contributed by atoms with E-state index in [4.69, 9.17) is 0 Å². The van der Waals surface area contributed by atoms with Crippen LogP contribution in [0.4, 0.5) is 4.39 Å². The van der Waals surface area contributed by atoms with Crippen molar-refractivity contribution in [3.05, 3.63) is 66.0 Å². The Labute approximate surface area is 137 Å². The Bertz CT molecular complexity index is 1000. The van der Waals surface area contributed by atoms with Gasteiger partial charge in [-0.25, -0.2) is 18.7 Å². The maximum atomic E-state index is 14.1. The van der Waals surface area contributed by atoms with Crippen molar-refractivity contribution >= 4 is 11.0 Å². The van der Waals surface area contributed by atoms with E-state index in [2.05, 4.69) is 20.4 Å². The molecule has 120 valence electrons. The van der Waals surface area contributed by atoms with E-state index in [1.54, 1.807) is 29.8 Å². The highest BCUT2D eigenvalue weighted by Gasteiger charge is 2.13. The van der Waals surface area contributed by atoms with Crippen LogP contribution in [0, 0.1) is 12.7 Å². The minimum atomic E-state index is -0.324. The van der Waals surface area contributed by atoms with Gasteiger partial charge in [0.2, 0.25) is 0 Å². The molecule has 2 aromatic heterocycles. The Morgan fingerprint density at radius 2 is 1.83 bits per heavy atom. The van der Waals surface area contributed by atoms with Gasteiger partial charge in [-0.3, -0.25) is 0 Å². The summed E-state index contributed by atoms with van der Waals surface area (Å²) in [5, 5.41) is 12.6. The molecular formula is C17H15FN6. The summed E-state index contributed by atoms with van der Waals surface area (Å²) in [5.41, 5.74) is 2.21. The van der Waals surface area contributed by atoms with Gasteiger partial charge in [-0.1, -0.05) is 29.5 Å². The zero-order valence-electron chi connectivity index (χ0n) is 13.1. The van der Waals surface area contributed by atoms with Crippen LogP contribution < -0.4 is 0 Å². The molecule has 6 nitrogen and oxygen atoms in total. The second-order valence-corrected chi connectivity index (χ2v) is 5.49. The van der Waals surface area contributed by atoms with Gasteiger partial charge in [0, 0.05) is 6.42 Å². The highest BCUT2D eigenvalue weighted by molar-refractivity contribution is 5.73. The monoisotopic (exact) mass is 322 g/mol. The van der Waals surface area contributed by atoms with Crippen LogP contribution in [-0.2, 0) is 13.0 Å². The Balaban J connectivity index is 1.65. The molecule has 0 aliphatic carbocycles. The summed E-state index contributed by atoms with van der Waals surface area (Å²) in [6.45, 7) is 2.39. The topological polar surface area (TPSA) is 61.4 Å². The van der Waals surface area contributed by atoms with Crippen molar-refractivity contribution in [2.24, 2.45) is 0 Å². The number of nitrogens with zero attached hydrogens (tertiary/aromatic N) is 6. The maximum absolute atomic E-state index is 14.1. The summed E-state index contributed by atoms with van der Waals surface area (Å²) >= 11 is 0. The van der Waals surface area contributed by atoms with Crippen molar-refractivity contribution in [2.75, 3.05) is 0 Å². The van der Waals surface area contributed by atoms with Crippen LogP contribution in [0.5, 0.6) is 0 Å². The fourth-order valence-corrected chi connectivity index (χ4v) is 2.73. The Kier molecular flexibility index (Phi) is 3.53. The van der Waals surface area contributed by atoms with E-state index in [0.29, 0.717) is 30.3 Å². The molecule has 0 spiro atoms. The van der Waals surface area contributed by atoms with Crippen molar-refractivity contribution in [3.63, 3.8) is 0 Å². The molecule has 0 radical (unpaired) electrons. The molecule has 0 saturated heterocycles. The number of aryl methyl sites for hydroxylation is 3. The van der Waals surface area contributed by atoms with Crippen molar-refractivity contribution < 1.29 is 4.39 Å². The van der Waals surface area contributed by atoms with Crippen molar-refractivity contribution in [1.29, 1.82) is 0 Å². The Morgan fingerprint density at radius 3 is 2.71 bits per heavy atom. The largest absolute Gasteiger partial charge is 0.244 e. The van der Waals surface area contributed by atoms with Crippen LogP contribution in [0.15, 0.2) is 48.5 Å². The molecule has 0 fully saturated rings.